The molecule has 18 heavy (non-hydrogen) atoms. The van der Waals surface area contributed by atoms with E-state index in [9.17, 15) is 8.42 Å². The van der Waals surface area contributed by atoms with Crippen molar-refractivity contribution < 1.29 is 8.42 Å². The molecule has 0 aliphatic carbocycles. The van der Waals surface area contributed by atoms with Crippen molar-refractivity contribution in [2.24, 2.45) is 0 Å². The highest BCUT2D eigenvalue weighted by atomic mass is 35.5. The molecule has 108 valence electrons. The minimum atomic E-state index is -3.51. The largest absolute Gasteiger partial charge is 0.280 e. The van der Waals surface area contributed by atoms with Crippen LogP contribution < -0.4 is 4.72 Å². The topological polar surface area (TPSA) is 49.4 Å². The van der Waals surface area contributed by atoms with Crippen LogP contribution >= 0.6 is 23.2 Å². The Bertz CT molecular complexity index is 350. The lowest BCUT2D eigenvalue weighted by Gasteiger charge is -2.37. The maximum absolute atomic E-state index is 12.4. The summed E-state index contributed by atoms with van der Waals surface area (Å²) in [7, 11) is -3.51. The Balaban J connectivity index is 2.86. The molecule has 1 heterocycles. The van der Waals surface area contributed by atoms with E-state index in [-0.39, 0.29) is 17.8 Å². The molecule has 0 spiro atoms. The summed E-state index contributed by atoms with van der Waals surface area (Å²) < 4.78 is 29.0. The van der Waals surface area contributed by atoms with E-state index in [0.29, 0.717) is 13.0 Å². The van der Waals surface area contributed by atoms with Gasteiger partial charge in [0.05, 0.1) is 5.54 Å². The molecule has 1 fully saturated rings. The lowest BCUT2D eigenvalue weighted by molar-refractivity contribution is 0.260. The predicted molar refractivity (Wildman–Crippen MR) is 76.5 cm³/mol. The highest BCUT2D eigenvalue weighted by Gasteiger charge is 2.37. The van der Waals surface area contributed by atoms with Gasteiger partial charge in [0, 0.05) is 24.3 Å². The molecule has 0 aromatic heterocycles. The van der Waals surface area contributed by atoms with Crippen LogP contribution in [0.25, 0.3) is 0 Å². The van der Waals surface area contributed by atoms with E-state index >= 15 is 0 Å². The Labute approximate surface area is 120 Å². The number of hydrogen-bond acceptors (Lipinski definition) is 2. The average Bonchev–Trinajstić information content (AvgIpc) is 2.36. The summed E-state index contributed by atoms with van der Waals surface area (Å²) in [6.45, 7) is 4.39. The standard InChI is InChI=1S/C11H22Cl2N2O2S/c1-3-11(8-12,9-13)14-18(16,17)15-7-5-4-6-10(15)2/h10,14H,3-9H2,1-2H3. The molecule has 0 radical (unpaired) electrons. The lowest BCUT2D eigenvalue weighted by Crippen LogP contribution is -2.58. The van der Waals surface area contributed by atoms with Crippen molar-refractivity contribution in [3.63, 3.8) is 0 Å². The Morgan fingerprint density at radius 1 is 1.33 bits per heavy atom. The van der Waals surface area contributed by atoms with Crippen LogP contribution in [0.3, 0.4) is 0 Å². The zero-order chi connectivity index (χ0) is 13.8. The van der Waals surface area contributed by atoms with Gasteiger partial charge < -0.3 is 0 Å². The van der Waals surface area contributed by atoms with Gasteiger partial charge in [0.2, 0.25) is 0 Å². The second-order valence-corrected chi connectivity index (χ2v) is 7.12. The van der Waals surface area contributed by atoms with E-state index < -0.39 is 15.7 Å². The van der Waals surface area contributed by atoms with Gasteiger partial charge >= 0.3 is 0 Å². The normalized spacial score (nSPS) is 23.2. The molecule has 1 aliphatic rings. The molecule has 4 nitrogen and oxygen atoms in total. The van der Waals surface area contributed by atoms with Crippen molar-refractivity contribution in [1.82, 2.24) is 9.03 Å². The van der Waals surface area contributed by atoms with Crippen molar-refractivity contribution in [1.29, 1.82) is 0 Å². The lowest BCUT2D eigenvalue weighted by atomic mass is 10.0. The van der Waals surface area contributed by atoms with Crippen LogP contribution in [0.5, 0.6) is 0 Å². The fourth-order valence-electron chi connectivity index (χ4n) is 2.11. The molecule has 0 saturated carbocycles. The minimum Gasteiger partial charge on any atom is -0.195 e. The molecule has 1 atom stereocenters. The summed E-state index contributed by atoms with van der Waals surface area (Å²) in [6, 6.07) is 0.0384. The summed E-state index contributed by atoms with van der Waals surface area (Å²) in [4.78, 5) is 0. The van der Waals surface area contributed by atoms with Gasteiger partial charge in [0.25, 0.3) is 10.2 Å². The third kappa shape index (κ3) is 3.73. The van der Waals surface area contributed by atoms with Crippen molar-refractivity contribution in [2.75, 3.05) is 18.3 Å². The number of nitrogens with one attached hydrogen (secondary N) is 1. The van der Waals surface area contributed by atoms with Gasteiger partial charge in [-0.3, -0.25) is 0 Å². The highest BCUT2D eigenvalue weighted by molar-refractivity contribution is 7.87. The Morgan fingerprint density at radius 3 is 2.39 bits per heavy atom. The Hall–Kier alpha value is 0.450. The molecule has 1 N–H and O–H groups in total. The van der Waals surface area contributed by atoms with E-state index in [1.54, 1.807) is 0 Å². The van der Waals surface area contributed by atoms with Gasteiger partial charge in [-0.15, -0.1) is 23.2 Å². The maximum atomic E-state index is 12.4. The molecular formula is C11H22Cl2N2O2S. The third-order valence-corrected chi connectivity index (χ3v) is 6.46. The van der Waals surface area contributed by atoms with Crippen LogP contribution in [0, 0.1) is 0 Å². The molecule has 1 aliphatic heterocycles. The molecule has 0 amide bonds. The van der Waals surface area contributed by atoms with E-state index in [2.05, 4.69) is 4.72 Å². The monoisotopic (exact) mass is 316 g/mol. The van der Waals surface area contributed by atoms with E-state index in [4.69, 9.17) is 23.2 Å². The zero-order valence-corrected chi connectivity index (χ0v) is 13.3. The van der Waals surface area contributed by atoms with E-state index in [1.807, 2.05) is 13.8 Å². The Morgan fingerprint density at radius 2 is 1.94 bits per heavy atom. The quantitative estimate of drug-likeness (QED) is 0.764. The van der Waals surface area contributed by atoms with E-state index in [1.165, 1.54) is 4.31 Å². The summed E-state index contributed by atoms with van der Waals surface area (Å²) >= 11 is 11.8. The first-order chi connectivity index (χ1) is 8.40. The molecule has 1 saturated heterocycles. The van der Waals surface area contributed by atoms with Crippen molar-refractivity contribution in [3.8, 4) is 0 Å². The van der Waals surface area contributed by atoms with Crippen LogP contribution in [0.2, 0.25) is 0 Å². The minimum absolute atomic E-state index is 0.0384. The highest BCUT2D eigenvalue weighted by Crippen LogP contribution is 2.22. The van der Waals surface area contributed by atoms with Gasteiger partial charge in [-0.1, -0.05) is 13.3 Å². The number of rotatable bonds is 6. The molecule has 1 unspecified atom stereocenters. The van der Waals surface area contributed by atoms with Crippen LogP contribution in [-0.2, 0) is 10.2 Å². The summed E-state index contributed by atoms with van der Waals surface area (Å²) in [5, 5.41) is 0. The summed E-state index contributed by atoms with van der Waals surface area (Å²) in [5.74, 6) is 0.350. The van der Waals surface area contributed by atoms with Gasteiger partial charge in [-0.05, 0) is 26.2 Å². The van der Waals surface area contributed by atoms with Crippen molar-refractivity contribution >= 4 is 33.4 Å². The molecule has 0 aromatic carbocycles. The van der Waals surface area contributed by atoms with Gasteiger partial charge in [-0.2, -0.15) is 17.4 Å². The first-order valence-electron chi connectivity index (χ1n) is 6.33. The van der Waals surface area contributed by atoms with Crippen LogP contribution in [0.15, 0.2) is 0 Å². The first kappa shape index (κ1) is 16.5. The molecule has 7 heteroatoms. The smallest absolute Gasteiger partial charge is 0.195 e. The SMILES string of the molecule is CCC(CCl)(CCl)NS(=O)(=O)N1CCCCC1C. The Kier molecular flexibility index (Phi) is 6.19. The number of nitrogens with zero attached hydrogens (tertiary/aromatic N) is 1. The molecule has 1 rings (SSSR count). The van der Waals surface area contributed by atoms with Crippen molar-refractivity contribution in [2.45, 2.75) is 51.1 Å². The fraction of sp³-hybridized carbons (Fsp3) is 1.00. The fourth-order valence-corrected chi connectivity index (χ4v) is 4.97. The number of hydrogen-bond donors (Lipinski definition) is 1. The number of alkyl halides is 2. The summed E-state index contributed by atoms with van der Waals surface area (Å²) in [5.41, 5.74) is -0.751. The number of piperidine rings is 1. The number of halogens is 2. The third-order valence-electron chi connectivity index (χ3n) is 3.58. The zero-order valence-electron chi connectivity index (χ0n) is 11.0. The summed E-state index contributed by atoms with van der Waals surface area (Å²) in [6.07, 6.45) is 3.46. The van der Waals surface area contributed by atoms with Crippen LogP contribution in [-0.4, -0.2) is 42.6 Å². The van der Waals surface area contributed by atoms with E-state index in [0.717, 1.165) is 19.3 Å². The van der Waals surface area contributed by atoms with Gasteiger partial charge in [-0.25, -0.2) is 0 Å². The maximum Gasteiger partial charge on any atom is 0.280 e. The van der Waals surface area contributed by atoms with Gasteiger partial charge in [0.1, 0.15) is 0 Å². The van der Waals surface area contributed by atoms with Gasteiger partial charge in [0.15, 0.2) is 0 Å². The first-order valence-corrected chi connectivity index (χ1v) is 8.84. The van der Waals surface area contributed by atoms with Crippen LogP contribution in [0.1, 0.15) is 39.5 Å². The predicted octanol–water partition coefficient (Wildman–Crippen LogP) is 2.32. The van der Waals surface area contributed by atoms with Crippen molar-refractivity contribution in [3.05, 3.63) is 0 Å². The molecular weight excluding hydrogens is 295 g/mol. The van der Waals surface area contributed by atoms with Crippen LogP contribution in [0.4, 0.5) is 0 Å². The average molecular weight is 317 g/mol. The molecule has 0 bridgehead atoms. The molecule has 0 aromatic rings. The second-order valence-electron chi connectivity index (χ2n) is 4.96. The second kappa shape index (κ2) is 6.75.